The van der Waals surface area contributed by atoms with E-state index in [1.165, 1.54) is 0 Å². The first-order chi connectivity index (χ1) is 9.90. The van der Waals surface area contributed by atoms with Crippen molar-refractivity contribution in [3.05, 3.63) is 35.4 Å². The van der Waals surface area contributed by atoms with Crippen LogP contribution in [0.2, 0.25) is 0 Å². The largest absolute Gasteiger partial charge is 0.480 e. The van der Waals surface area contributed by atoms with Crippen molar-refractivity contribution in [3.8, 4) is 0 Å². The summed E-state index contributed by atoms with van der Waals surface area (Å²) in [5, 5.41) is 9.84. The second-order valence-corrected chi connectivity index (χ2v) is 5.46. The molecule has 21 heavy (non-hydrogen) atoms. The topological polar surface area (TPSA) is 63.6 Å². The second kappa shape index (κ2) is 7.25. The molecular formula is C17H24O4. The van der Waals surface area contributed by atoms with Crippen LogP contribution in [0.1, 0.15) is 44.7 Å². The minimum atomic E-state index is -1.63. The summed E-state index contributed by atoms with van der Waals surface area (Å²) in [7, 11) is 0. The monoisotopic (exact) mass is 292 g/mol. The van der Waals surface area contributed by atoms with Crippen molar-refractivity contribution in [1.82, 2.24) is 0 Å². The molecule has 0 fully saturated rings. The number of carboxylic acid groups (broad SMARTS) is 1. The summed E-state index contributed by atoms with van der Waals surface area (Å²) in [6, 6.07) is 7.13. The van der Waals surface area contributed by atoms with Crippen molar-refractivity contribution >= 4 is 11.9 Å². The molecule has 2 unspecified atom stereocenters. The molecule has 116 valence electrons. The maximum atomic E-state index is 12.5. The fourth-order valence-corrected chi connectivity index (χ4v) is 2.57. The summed E-state index contributed by atoms with van der Waals surface area (Å²) in [5.74, 6) is -1.72. The van der Waals surface area contributed by atoms with Crippen LogP contribution >= 0.6 is 0 Å². The number of benzene rings is 1. The molecule has 2 atom stereocenters. The highest BCUT2D eigenvalue weighted by Gasteiger charge is 2.50. The first-order valence-corrected chi connectivity index (χ1v) is 7.36. The maximum Gasteiger partial charge on any atom is 0.328 e. The average Bonchev–Trinajstić information content (AvgIpc) is 2.45. The van der Waals surface area contributed by atoms with Crippen LogP contribution in [-0.2, 0) is 19.7 Å². The van der Waals surface area contributed by atoms with Gasteiger partial charge in [-0.1, -0.05) is 44.5 Å². The van der Waals surface area contributed by atoms with E-state index in [9.17, 15) is 14.7 Å². The molecular weight excluding hydrogens is 268 g/mol. The van der Waals surface area contributed by atoms with Gasteiger partial charge in [-0.3, -0.25) is 9.59 Å². The van der Waals surface area contributed by atoms with Gasteiger partial charge < -0.3 is 9.84 Å². The molecule has 0 aliphatic heterocycles. The number of carbonyl (C=O) groups is 2. The van der Waals surface area contributed by atoms with E-state index >= 15 is 0 Å². The molecule has 1 N–H and O–H groups in total. The van der Waals surface area contributed by atoms with Crippen LogP contribution in [0.25, 0.3) is 0 Å². The number of hydrogen-bond acceptors (Lipinski definition) is 3. The minimum Gasteiger partial charge on any atom is -0.480 e. The molecule has 0 aromatic heterocycles. The van der Waals surface area contributed by atoms with Gasteiger partial charge in [-0.2, -0.15) is 0 Å². The zero-order valence-corrected chi connectivity index (χ0v) is 13.2. The number of aryl methyl sites for hydroxylation is 1. The Kier molecular flexibility index (Phi) is 5.94. The molecule has 0 aliphatic rings. The van der Waals surface area contributed by atoms with Crippen molar-refractivity contribution in [1.29, 1.82) is 0 Å². The smallest absolute Gasteiger partial charge is 0.328 e. The first kappa shape index (κ1) is 17.2. The van der Waals surface area contributed by atoms with Crippen LogP contribution in [0.4, 0.5) is 0 Å². The molecule has 1 aromatic carbocycles. The highest BCUT2D eigenvalue weighted by molar-refractivity contribution is 6.05. The molecule has 0 amide bonds. The number of esters is 1. The van der Waals surface area contributed by atoms with Crippen molar-refractivity contribution in [2.45, 2.75) is 46.0 Å². The van der Waals surface area contributed by atoms with Gasteiger partial charge in [0.15, 0.2) is 5.41 Å². The molecule has 0 heterocycles. The number of hydrogen-bond donors (Lipinski definition) is 1. The Morgan fingerprint density at radius 3 is 2.38 bits per heavy atom. The van der Waals surface area contributed by atoms with Gasteiger partial charge in [0.2, 0.25) is 0 Å². The Labute approximate surface area is 126 Å². The van der Waals surface area contributed by atoms with Gasteiger partial charge in [0.1, 0.15) is 0 Å². The predicted molar refractivity (Wildman–Crippen MR) is 81.2 cm³/mol. The Hall–Kier alpha value is -1.84. The maximum absolute atomic E-state index is 12.5. The van der Waals surface area contributed by atoms with Crippen molar-refractivity contribution in [3.63, 3.8) is 0 Å². The summed E-state index contributed by atoms with van der Waals surface area (Å²) >= 11 is 0. The quantitative estimate of drug-likeness (QED) is 0.618. The third kappa shape index (κ3) is 3.43. The van der Waals surface area contributed by atoms with Gasteiger partial charge >= 0.3 is 11.9 Å². The molecule has 0 bridgehead atoms. The van der Waals surface area contributed by atoms with E-state index in [0.29, 0.717) is 5.56 Å². The standard InChI is InChI=1S/C17H24O4/c1-5-12(3)11-17(15(18)19,16(20)21-6-2)14-10-8-7-9-13(14)4/h7-10,12H,5-6,11H2,1-4H3,(H,18,19). The van der Waals surface area contributed by atoms with E-state index in [2.05, 4.69) is 0 Å². The number of aliphatic carboxylic acids is 1. The van der Waals surface area contributed by atoms with Crippen LogP contribution in [0.3, 0.4) is 0 Å². The summed E-state index contributed by atoms with van der Waals surface area (Å²) in [6.45, 7) is 7.62. The van der Waals surface area contributed by atoms with Crippen LogP contribution in [0.5, 0.6) is 0 Å². The van der Waals surface area contributed by atoms with Gasteiger partial charge in [0.25, 0.3) is 0 Å². The number of ether oxygens (including phenoxy) is 1. The van der Waals surface area contributed by atoms with Crippen LogP contribution in [0.15, 0.2) is 24.3 Å². The number of rotatable bonds is 7. The zero-order valence-electron chi connectivity index (χ0n) is 13.2. The highest BCUT2D eigenvalue weighted by Crippen LogP contribution is 2.36. The summed E-state index contributed by atoms with van der Waals surface area (Å²) < 4.78 is 5.10. The van der Waals surface area contributed by atoms with E-state index in [4.69, 9.17) is 4.74 Å². The lowest BCUT2D eigenvalue weighted by atomic mass is 9.72. The average molecular weight is 292 g/mol. The second-order valence-electron chi connectivity index (χ2n) is 5.46. The Balaban J connectivity index is 3.48. The molecule has 4 heteroatoms. The zero-order chi connectivity index (χ0) is 16.0. The third-order valence-electron chi connectivity index (χ3n) is 3.95. The Bertz CT molecular complexity index is 509. The predicted octanol–water partition coefficient (Wildman–Crippen LogP) is 3.32. The van der Waals surface area contributed by atoms with Gasteiger partial charge in [0.05, 0.1) is 6.61 Å². The van der Waals surface area contributed by atoms with Crippen molar-refractivity contribution < 1.29 is 19.4 Å². The van der Waals surface area contributed by atoms with E-state index in [0.717, 1.165) is 12.0 Å². The molecule has 0 saturated heterocycles. The summed E-state index contributed by atoms with van der Waals surface area (Å²) in [4.78, 5) is 24.5. The van der Waals surface area contributed by atoms with Gasteiger partial charge in [0, 0.05) is 0 Å². The van der Waals surface area contributed by atoms with E-state index in [1.807, 2.05) is 32.9 Å². The third-order valence-corrected chi connectivity index (χ3v) is 3.95. The molecule has 4 nitrogen and oxygen atoms in total. The van der Waals surface area contributed by atoms with Crippen molar-refractivity contribution in [2.75, 3.05) is 6.61 Å². The lowest BCUT2D eigenvalue weighted by Crippen LogP contribution is -2.46. The van der Waals surface area contributed by atoms with Crippen molar-refractivity contribution in [2.24, 2.45) is 5.92 Å². The van der Waals surface area contributed by atoms with Crippen LogP contribution in [0, 0.1) is 12.8 Å². The molecule has 1 rings (SSSR count). The minimum absolute atomic E-state index is 0.102. The van der Waals surface area contributed by atoms with E-state index in [-0.39, 0.29) is 18.9 Å². The SMILES string of the molecule is CCOC(=O)C(CC(C)CC)(C(=O)O)c1ccccc1C. The highest BCUT2D eigenvalue weighted by atomic mass is 16.5. The first-order valence-electron chi connectivity index (χ1n) is 7.36. The molecule has 0 saturated carbocycles. The summed E-state index contributed by atoms with van der Waals surface area (Å²) in [6.07, 6.45) is 1.04. The Morgan fingerprint density at radius 1 is 1.29 bits per heavy atom. The van der Waals surface area contributed by atoms with E-state index < -0.39 is 17.4 Å². The molecule has 0 spiro atoms. The molecule has 1 aromatic rings. The van der Waals surface area contributed by atoms with E-state index in [1.54, 1.807) is 19.1 Å². The van der Waals surface area contributed by atoms with Crippen LogP contribution in [-0.4, -0.2) is 23.7 Å². The van der Waals surface area contributed by atoms with Gasteiger partial charge in [-0.15, -0.1) is 0 Å². The normalized spacial score (nSPS) is 15.0. The lowest BCUT2D eigenvalue weighted by molar-refractivity contribution is -0.162. The molecule has 0 aliphatic carbocycles. The summed E-state index contributed by atoms with van der Waals surface area (Å²) in [5.41, 5.74) is -0.316. The van der Waals surface area contributed by atoms with Gasteiger partial charge in [-0.05, 0) is 37.3 Å². The number of carboxylic acids is 1. The Morgan fingerprint density at radius 2 is 1.90 bits per heavy atom. The lowest BCUT2D eigenvalue weighted by Gasteiger charge is -2.31. The fraction of sp³-hybridized carbons (Fsp3) is 0.529. The van der Waals surface area contributed by atoms with Crippen LogP contribution < -0.4 is 0 Å². The fourth-order valence-electron chi connectivity index (χ4n) is 2.57. The molecule has 0 radical (unpaired) electrons. The van der Waals surface area contributed by atoms with Gasteiger partial charge in [-0.25, -0.2) is 0 Å². The number of carbonyl (C=O) groups excluding carboxylic acids is 1.